The van der Waals surface area contributed by atoms with Crippen molar-refractivity contribution in [3.63, 3.8) is 0 Å². The molecule has 1 aliphatic carbocycles. The minimum Gasteiger partial charge on any atom is -0.377 e. The predicted molar refractivity (Wildman–Crippen MR) is 66.6 cm³/mol. The normalized spacial score (nSPS) is 38.8. The summed E-state index contributed by atoms with van der Waals surface area (Å²) in [6.07, 6.45) is 10.5. The zero-order chi connectivity index (χ0) is 12.0. The molecule has 0 aromatic carbocycles. The van der Waals surface area contributed by atoms with Gasteiger partial charge < -0.3 is 4.90 Å². The zero-order valence-electron chi connectivity index (χ0n) is 9.99. The quantitative estimate of drug-likeness (QED) is 0.609. The highest BCUT2D eigenvalue weighted by molar-refractivity contribution is 7.90. The molecule has 4 nitrogen and oxygen atoms in total. The highest BCUT2D eigenvalue weighted by Crippen LogP contribution is 2.38. The Balaban J connectivity index is 2.00. The summed E-state index contributed by atoms with van der Waals surface area (Å²) in [6, 6.07) is 0.128. The Labute approximate surface area is 103 Å². The maximum Gasteiger partial charge on any atom is 0.241 e. The lowest BCUT2D eigenvalue weighted by atomic mass is 9.87. The van der Waals surface area contributed by atoms with E-state index in [4.69, 9.17) is 0 Å². The molecule has 0 N–H and O–H groups in total. The molecule has 3 unspecified atom stereocenters. The summed E-state index contributed by atoms with van der Waals surface area (Å²) in [5, 5.41) is -0.291. The van der Waals surface area contributed by atoms with Gasteiger partial charge in [0.2, 0.25) is 10.0 Å². The maximum atomic E-state index is 12.5. The number of hydrogen-bond acceptors (Lipinski definition) is 3. The van der Waals surface area contributed by atoms with Crippen molar-refractivity contribution in [2.45, 2.75) is 30.6 Å². The van der Waals surface area contributed by atoms with Crippen molar-refractivity contribution in [3.05, 3.63) is 24.6 Å². The molecule has 0 aromatic heterocycles. The van der Waals surface area contributed by atoms with E-state index in [9.17, 15) is 8.42 Å². The molecule has 0 radical (unpaired) electrons. The zero-order valence-corrected chi connectivity index (χ0v) is 10.8. The molecule has 17 heavy (non-hydrogen) atoms. The molecule has 0 aromatic rings. The van der Waals surface area contributed by atoms with Gasteiger partial charge in [0, 0.05) is 26.0 Å². The van der Waals surface area contributed by atoms with Crippen molar-refractivity contribution in [1.29, 1.82) is 0 Å². The van der Waals surface area contributed by atoms with Crippen molar-refractivity contribution >= 4 is 10.0 Å². The van der Waals surface area contributed by atoms with Crippen LogP contribution >= 0.6 is 0 Å². The first-order chi connectivity index (χ1) is 8.09. The van der Waals surface area contributed by atoms with Crippen LogP contribution in [0.15, 0.2) is 24.6 Å². The molecule has 0 saturated carbocycles. The first-order valence-corrected chi connectivity index (χ1v) is 7.67. The minimum absolute atomic E-state index is 0.128. The lowest BCUT2D eigenvalue weighted by Crippen LogP contribution is -2.55. The van der Waals surface area contributed by atoms with Gasteiger partial charge in [-0.25, -0.2) is 8.42 Å². The van der Waals surface area contributed by atoms with Gasteiger partial charge in [0.1, 0.15) is 5.25 Å². The van der Waals surface area contributed by atoms with Crippen molar-refractivity contribution in [3.8, 4) is 0 Å². The lowest BCUT2D eigenvalue weighted by molar-refractivity contribution is 0.212. The number of nitrogens with zero attached hydrogens (tertiary/aromatic N) is 2. The molecule has 2 aliphatic heterocycles. The van der Waals surface area contributed by atoms with E-state index in [0.29, 0.717) is 5.92 Å². The summed E-state index contributed by atoms with van der Waals surface area (Å²) < 4.78 is 26.6. The van der Waals surface area contributed by atoms with Gasteiger partial charge >= 0.3 is 0 Å². The summed E-state index contributed by atoms with van der Waals surface area (Å²) >= 11 is 0. The van der Waals surface area contributed by atoms with Crippen LogP contribution in [0.3, 0.4) is 0 Å². The van der Waals surface area contributed by atoms with Crippen molar-refractivity contribution < 1.29 is 8.42 Å². The van der Waals surface area contributed by atoms with E-state index in [1.165, 1.54) is 0 Å². The van der Waals surface area contributed by atoms with E-state index >= 15 is 0 Å². The molecule has 3 rings (SSSR count). The molecular formula is C12H18N2O2S. The monoisotopic (exact) mass is 254 g/mol. The van der Waals surface area contributed by atoms with Gasteiger partial charge in [0.25, 0.3) is 0 Å². The summed E-state index contributed by atoms with van der Waals surface area (Å²) in [5.41, 5.74) is 0. The topological polar surface area (TPSA) is 40.6 Å². The lowest BCUT2D eigenvalue weighted by Gasteiger charge is -2.46. The average Bonchev–Trinajstić information content (AvgIpc) is 2.28. The van der Waals surface area contributed by atoms with Crippen molar-refractivity contribution in [2.24, 2.45) is 5.92 Å². The second-order valence-corrected chi connectivity index (χ2v) is 7.23. The smallest absolute Gasteiger partial charge is 0.241 e. The van der Waals surface area contributed by atoms with E-state index in [-0.39, 0.29) is 11.3 Å². The van der Waals surface area contributed by atoms with Gasteiger partial charge in [-0.15, -0.1) is 0 Å². The summed E-state index contributed by atoms with van der Waals surface area (Å²) in [7, 11) is -1.18. The molecule has 3 aliphatic rings. The van der Waals surface area contributed by atoms with Crippen LogP contribution in [0, 0.1) is 5.92 Å². The second-order valence-electron chi connectivity index (χ2n) is 5.23. The van der Waals surface area contributed by atoms with Gasteiger partial charge in [-0.05, 0) is 25.2 Å². The number of rotatable bonds is 0. The van der Waals surface area contributed by atoms with Crippen LogP contribution in [0.5, 0.6) is 0 Å². The Morgan fingerprint density at radius 2 is 2.12 bits per heavy atom. The molecule has 2 heterocycles. The Kier molecular flexibility index (Phi) is 2.47. The van der Waals surface area contributed by atoms with Crippen LogP contribution in [-0.4, -0.2) is 42.5 Å². The van der Waals surface area contributed by atoms with E-state index in [1.807, 2.05) is 25.4 Å². The standard InChI is InChI=1S/C12H18N2O2S/c1-13-6-7-14-11(9-13)8-10-4-2-3-5-12(10)17(14,15)16/h3,5-7,10-12H,2,4,8-9H2,1H3. The van der Waals surface area contributed by atoms with Crippen LogP contribution in [0.4, 0.5) is 0 Å². The molecule has 1 saturated heterocycles. The number of fused-ring (bicyclic) bond motifs is 2. The third kappa shape index (κ3) is 1.68. The molecule has 1 fully saturated rings. The van der Waals surface area contributed by atoms with Gasteiger partial charge in [0.15, 0.2) is 0 Å². The van der Waals surface area contributed by atoms with Crippen molar-refractivity contribution in [1.82, 2.24) is 9.21 Å². The molecule has 3 atom stereocenters. The molecule has 5 heteroatoms. The summed E-state index contributed by atoms with van der Waals surface area (Å²) in [5.74, 6) is 0.311. The summed E-state index contributed by atoms with van der Waals surface area (Å²) in [6.45, 7) is 0.808. The number of hydrogen-bond donors (Lipinski definition) is 0. The average molecular weight is 254 g/mol. The largest absolute Gasteiger partial charge is 0.377 e. The fraction of sp³-hybridized carbons (Fsp3) is 0.667. The first kappa shape index (κ1) is 11.1. The number of likely N-dealkylation sites (N-methyl/N-ethyl adjacent to an activating group) is 1. The Morgan fingerprint density at radius 3 is 2.94 bits per heavy atom. The van der Waals surface area contributed by atoms with Gasteiger partial charge in [-0.1, -0.05) is 12.2 Å². The van der Waals surface area contributed by atoms with Crippen LogP contribution < -0.4 is 0 Å². The molecule has 0 bridgehead atoms. The molecule has 0 amide bonds. The molecule has 0 spiro atoms. The highest BCUT2D eigenvalue weighted by atomic mass is 32.2. The van der Waals surface area contributed by atoms with Crippen molar-refractivity contribution in [2.75, 3.05) is 13.6 Å². The first-order valence-electron chi connectivity index (χ1n) is 6.16. The Morgan fingerprint density at radius 1 is 1.29 bits per heavy atom. The Hall–Kier alpha value is -0.970. The maximum absolute atomic E-state index is 12.5. The van der Waals surface area contributed by atoms with Crippen LogP contribution in [0.1, 0.15) is 19.3 Å². The van der Waals surface area contributed by atoms with Gasteiger partial charge in [-0.2, -0.15) is 0 Å². The van der Waals surface area contributed by atoms with E-state index in [2.05, 4.69) is 4.90 Å². The van der Waals surface area contributed by atoms with Gasteiger partial charge in [0.05, 0.1) is 6.04 Å². The van der Waals surface area contributed by atoms with E-state index in [1.54, 1.807) is 10.5 Å². The number of allylic oxidation sites excluding steroid dienone is 1. The predicted octanol–water partition coefficient (Wildman–Crippen LogP) is 1.14. The number of sulfonamides is 1. The molecule has 94 valence electrons. The van der Waals surface area contributed by atoms with Crippen LogP contribution in [-0.2, 0) is 10.0 Å². The fourth-order valence-electron chi connectivity index (χ4n) is 3.19. The second kappa shape index (κ2) is 3.77. The van der Waals surface area contributed by atoms with Crippen LogP contribution in [0.2, 0.25) is 0 Å². The summed E-state index contributed by atoms with van der Waals surface area (Å²) in [4.78, 5) is 2.07. The van der Waals surface area contributed by atoms with Gasteiger partial charge in [-0.3, -0.25) is 4.31 Å². The third-order valence-corrected chi connectivity index (χ3v) is 6.27. The highest BCUT2D eigenvalue weighted by Gasteiger charge is 2.46. The third-order valence-electron chi connectivity index (χ3n) is 4.03. The van der Waals surface area contributed by atoms with Crippen LogP contribution in [0.25, 0.3) is 0 Å². The van der Waals surface area contributed by atoms with E-state index < -0.39 is 10.0 Å². The Bertz CT molecular complexity index is 469. The minimum atomic E-state index is -3.17. The fourth-order valence-corrected chi connectivity index (χ4v) is 5.31. The SMILES string of the molecule is CN1C=CN2C(CC3CCC=CC3S2(=O)=O)C1. The van der Waals surface area contributed by atoms with E-state index in [0.717, 1.165) is 25.8 Å². The molecular weight excluding hydrogens is 236 g/mol.